The third-order valence-corrected chi connectivity index (χ3v) is 3.24. The third-order valence-electron chi connectivity index (χ3n) is 3.24. The van der Waals surface area contributed by atoms with Crippen molar-refractivity contribution in [2.75, 3.05) is 13.2 Å². The number of halogens is 1. The van der Waals surface area contributed by atoms with E-state index in [1.807, 2.05) is 20.8 Å². The summed E-state index contributed by atoms with van der Waals surface area (Å²) in [4.78, 5) is 14.3. The zero-order valence-electron chi connectivity index (χ0n) is 12.1. The van der Waals surface area contributed by atoms with E-state index in [0.29, 0.717) is 17.7 Å². The van der Waals surface area contributed by atoms with Crippen molar-refractivity contribution >= 4 is 5.91 Å². The molecular formula is C16H20FNO2. The van der Waals surface area contributed by atoms with Crippen molar-refractivity contribution in [3.63, 3.8) is 0 Å². The molecule has 0 radical (unpaired) electrons. The van der Waals surface area contributed by atoms with Crippen LogP contribution in [0.3, 0.4) is 0 Å². The van der Waals surface area contributed by atoms with Crippen molar-refractivity contribution in [2.45, 2.75) is 33.2 Å². The van der Waals surface area contributed by atoms with Crippen LogP contribution in [-0.2, 0) is 0 Å². The molecule has 1 atom stereocenters. The lowest BCUT2D eigenvalue weighted by Crippen LogP contribution is -2.38. The molecule has 20 heavy (non-hydrogen) atoms. The highest BCUT2D eigenvalue weighted by Crippen LogP contribution is 2.16. The van der Waals surface area contributed by atoms with Gasteiger partial charge in [-0.25, -0.2) is 4.39 Å². The van der Waals surface area contributed by atoms with Crippen LogP contribution in [0.5, 0.6) is 0 Å². The van der Waals surface area contributed by atoms with Crippen molar-refractivity contribution in [3.05, 3.63) is 35.1 Å². The van der Waals surface area contributed by atoms with Gasteiger partial charge in [0.1, 0.15) is 12.4 Å². The summed E-state index contributed by atoms with van der Waals surface area (Å²) in [5.41, 5.74) is 0.681. The SMILES string of the molecule is CCC(C)N(CC)C(=O)c1ccc(F)cc1C#CCO. The molecule has 1 aromatic carbocycles. The van der Waals surface area contributed by atoms with Gasteiger partial charge in [-0.2, -0.15) is 0 Å². The molecule has 0 spiro atoms. The minimum Gasteiger partial charge on any atom is -0.384 e. The van der Waals surface area contributed by atoms with Gasteiger partial charge in [0.05, 0.1) is 5.56 Å². The lowest BCUT2D eigenvalue weighted by molar-refractivity contribution is 0.0699. The molecule has 0 aromatic heterocycles. The fourth-order valence-electron chi connectivity index (χ4n) is 1.97. The molecule has 1 amide bonds. The predicted molar refractivity (Wildman–Crippen MR) is 76.8 cm³/mol. The second-order valence-corrected chi connectivity index (χ2v) is 4.50. The molecule has 1 unspecified atom stereocenters. The number of rotatable bonds is 4. The first-order valence-corrected chi connectivity index (χ1v) is 6.75. The van der Waals surface area contributed by atoms with E-state index >= 15 is 0 Å². The highest BCUT2D eigenvalue weighted by molar-refractivity contribution is 5.97. The van der Waals surface area contributed by atoms with E-state index in [9.17, 15) is 9.18 Å². The highest BCUT2D eigenvalue weighted by Gasteiger charge is 2.21. The summed E-state index contributed by atoms with van der Waals surface area (Å²) in [5, 5.41) is 8.75. The third kappa shape index (κ3) is 3.82. The Kier molecular flexibility index (Phi) is 6.20. The van der Waals surface area contributed by atoms with Crippen LogP contribution in [0, 0.1) is 17.7 Å². The molecule has 108 valence electrons. The van der Waals surface area contributed by atoms with Crippen molar-refractivity contribution < 1.29 is 14.3 Å². The van der Waals surface area contributed by atoms with Gasteiger partial charge >= 0.3 is 0 Å². The Hall–Kier alpha value is -1.86. The maximum Gasteiger partial charge on any atom is 0.255 e. The largest absolute Gasteiger partial charge is 0.384 e. The number of benzene rings is 1. The Labute approximate surface area is 119 Å². The zero-order valence-corrected chi connectivity index (χ0v) is 12.1. The van der Waals surface area contributed by atoms with Gasteiger partial charge in [-0.05, 0) is 38.5 Å². The Balaban J connectivity index is 3.20. The molecular weight excluding hydrogens is 257 g/mol. The van der Waals surface area contributed by atoms with E-state index in [1.54, 1.807) is 4.90 Å². The van der Waals surface area contributed by atoms with E-state index in [1.165, 1.54) is 18.2 Å². The summed E-state index contributed by atoms with van der Waals surface area (Å²) in [7, 11) is 0. The number of aliphatic hydroxyl groups is 1. The number of aliphatic hydroxyl groups excluding tert-OH is 1. The van der Waals surface area contributed by atoms with Gasteiger partial charge < -0.3 is 10.0 Å². The van der Waals surface area contributed by atoms with Crippen molar-refractivity contribution in [1.29, 1.82) is 0 Å². The van der Waals surface area contributed by atoms with Gasteiger partial charge in [0, 0.05) is 18.2 Å². The van der Waals surface area contributed by atoms with Gasteiger partial charge in [-0.15, -0.1) is 0 Å². The van der Waals surface area contributed by atoms with Gasteiger partial charge in [0.15, 0.2) is 0 Å². The fourth-order valence-corrected chi connectivity index (χ4v) is 1.97. The molecule has 0 heterocycles. The summed E-state index contributed by atoms with van der Waals surface area (Å²) in [6, 6.07) is 4.03. The predicted octanol–water partition coefficient (Wildman–Crippen LogP) is 2.43. The van der Waals surface area contributed by atoms with E-state index < -0.39 is 5.82 Å². The molecule has 1 aromatic rings. The van der Waals surface area contributed by atoms with E-state index in [0.717, 1.165) is 6.42 Å². The molecule has 0 bridgehead atoms. The van der Waals surface area contributed by atoms with Crippen LogP contribution in [0.2, 0.25) is 0 Å². The van der Waals surface area contributed by atoms with E-state index in [2.05, 4.69) is 11.8 Å². The smallest absolute Gasteiger partial charge is 0.255 e. The van der Waals surface area contributed by atoms with Crippen LogP contribution in [0.4, 0.5) is 4.39 Å². The minimum atomic E-state index is -0.449. The molecule has 0 aliphatic heterocycles. The number of nitrogens with zero attached hydrogens (tertiary/aromatic N) is 1. The van der Waals surface area contributed by atoms with Gasteiger partial charge in [0.25, 0.3) is 5.91 Å². The molecule has 0 saturated heterocycles. The Morgan fingerprint density at radius 2 is 2.15 bits per heavy atom. The summed E-state index contributed by atoms with van der Waals surface area (Å²) in [6.07, 6.45) is 0.846. The molecule has 0 fully saturated rings. The van der Waals surface area contributed by atoms with Gasteiger partial charge in [0.2, 0.25) is 0 Å². The van der Waals surface area contributed by atoms with E-state index in [4.69, 9.17) is 5.11 Å². The molecule has 0 aliphatic rings. The molecule has 1 N–H and O–H groups in total. The number of carbonyl (C=O) groups excluding carboxylic acids is 1. The summed E-state index contributed by atoms with van der Waals surface area (Å²) >= 11 is 0. The lowest BCUT2D eigenvalue weighted by atomic mass is 10.0. The van der Waals surface area contributed by atoms with E-state index in [-0.39, 0.29) is 18.6 Å². The zero-order chi connectivity index (χ0) is 15.1. The summed E-state index contributed by atoms with van der Waals surface area (Å²) in [6.45, 7) is 6.15. The standard InChI is InChI=1S/C16H20FNO2/c1-4-12(3)18(5-2)16(20)15-9-8-14(17)11-13(15)7-6-10-19/h8-9,11-12,19H,4-5,10H2,1-3H3. The summed E-state index contributed by atoms with van der Waals surface area (Å²) < 4.78 is 13.3. The van der Waals surface area contributed by atoms with Crippen LogP contribution in [0.15, 0.2) is 18.2 Å². The Bertz CT molecular complexity index is 531. The van der Waals surface area contributed by atoms with Crippen molar-refractivity contribution in [3.8, 4) is 11.8 Å². The normalized spacial score (nSPS) is 11.4. The average molecular weight is 277 g/mol. The maximum atomic E-state index is 13.3. The maximum absolute atomic E-state index is 13.3. The van der Waals surface area contributed by atoms with Crippen molar-refractivity contribution in [1.82, 2.24) is 4.90 Å². The van der Waals surface area contributed by atoms with Crippen LogP contribution < -0.4 is 0 Å². The molecule has 3 nitrogen and oxygen atoms in total. The van der Waals surface area contributed by atoms with Crippen LogP contribution in [0.1, 0.15) is 43.1 Å². The minimum absolute atomic E-state index is 0.108. The topological polar surface area (TPSA) is 40.5 Å². The highest BCUT2D eigenvalue weighted by atomic mass is 19.1. The second kappa shape index (κ2) is 7.66. The van der Waals surface area contributed by atoms with Gasteiger partial charge in [-0.1, -0.05) is 18.8 Å². The monoisotopic (exact) mass is 277 g/mol. The first-order chi connectivity index (χ1) is 9.54. The molecule has 0 aliphatic carbocycles. The molecule has 1 rings (SSSR count). The Morgan fingerprint density at radius 1 is 1.45 bits per heavy atom. The second-order valence-electron chi connectivity index (χ2n) is 4.50. The van der Waals surface area contributed by atoms with Gasteiger partial charge in [-0.3, -0.25) is 4.79 Å². The first kappa shape index (κ1) is 16.2. The van der Waals surface area contributed by atoms with Crippen LogP contribution in [-0.4, -0.2) is 35.1 Å². The molecule has 4 heteroatoms. The number of carbonyl (C=O) groups is 1. The number of amides is 1. The number of hydrogen-bond donors (Lipinski definition) is 1. The number of hydrogen-bond acceptors (Lipinski definition) is 2. The van der Waals surface area contributed by atoms with Crippen molar-refractivity contribution in [2.24, 2.45) is 0 Å². The first-order valence-electron chi connectivity index (χ1n) is 6.75. The van der Waals surface area contributed by atoms with Crippen LogP contribution in [0.25, 0.3) is 0 Å². The average Bonchev–Trinajstić information content (AvgIpc) is 2.45. The fraction of sp³-hybridized carbons (Fsp3) is 0.438. The molecule has 0 saturated carbocycles. The lowest BCUT2D eigenvalue weighted by Gasteiger charge is -2.27. The Morgan fingerprint density at radius 3 is 2.70 bits per heavy atom. The summed E-state index contributed by atoms with van der Waals surface area (Å²) in [5.74, 6) is 4.48. The van der Waals surface area contributed by atoms with Crippen LogP contribution >= 0.6 is 0 Å². The quantitative estimate of drug-likeness (QED) is 0.859.